The van der Waals surface area contributed by atoms with E-state index in [1.54, 1.807) is 12.3 Å². The molecule has 1 saturated heterocycles. The van der Waals surface area contributed by atoms with Crippen LogP contribution in [0.15, 0.2) is 41.1 Å². The highest BCUT2D eigenvalue weighted by atomic mass is 19.1. The summed E-state index contributed by atoms with van der Waals surface area (Å²) in [6.45, 7) is 5.69. The summed E-state index contributed by atoms with van der Waals surface area (Å²) in [6, 6.07) is 8.39. The molecule has 0 unspecified atom stereocenters. The molecular formula is C21H22FN5O2. The van der Waals surface area contributed by atoms with E-state index in [2.05, 4.69) is 19.9 Å². The zero-order valence-corrected chi connectivity index (χ0v) is 16.1. The highest BCUT2D eigenvalue weighted by Gasteiger charge is 2.27. The molecule has 1 amide bonds. The van der Waals surface area contributed by atoms with E-state index in [1.165, 1.54) is 12.1 Å². The molecule has 2 aliphatic rings. The quantitative estimate of drug-likeness (QED) is 0.675. The van der Waals surface area contributed by atoms with Crippen LogP contribution in [0.2, 0.25) is 0 Å². The van der Waals surface area contributed by atoms with Gasteiger partial charge in [0.05, 0.1) is 5.39 Å². The highest BCUT2D eigenvalue weighted by molar-refractivity contribution is 5.94. The summed E-state index contributed by atoms with van der Waals surface area (Å²) in [4.78, 5) is 23.3. The summed E-state index contributed by atoms with van der Waals surface area (Å²) >= 11 is 0. The molecule has 4 heterocycles. The Bertz CT molecular complexity index is 1040. The van der Waals surface area contributed by atoms with Crippen LogP contribution >= 0.6 is 0 Å². The van der Waals surface area contributed by atoms with Crippen LogP contribution in [0.5, 0.6) is 0 Å². The van der Waals surface area contributed by atoms with Gasteiger partial charge >= 0.3 is 0 Å². The van der Waals surface area contributed by atoms with Crippen LogP contribution in [0.3, 0.4) is 0 Å². The standard InChI is InChI=1S/C21H22FN5O2/c22-16-3-4-17-18(14-16)29-24-20(17)26-11-8-25(9-12-26)10-13-27-7-5-15-2-1-6-23-19(15)21(27)28/h1-4,6,14H,5,7-13H2. The molecule has 8 heteroatoms. The van der Waals surface area contributed by atoms with E-state index in [9.17, 15) is 9.18 Å². The number of amides is 1. The maximum absolute atomic E-state index is 13.3. The second kappa shape index (κ2) is 7.44. The first kappa shape index (κ1) is 18.1. The third-order valence-corrected chi connectivity index (χ3v) is 5.81. The smallest absolute Gasteiger partial charge is 0.272 e. The number of halogens is 1. The zero-order chi connectivity index (χ0) is 19.8. The van der Waals surface area contributed by atoms with Gasteiger partial charge in [0.1, 0.15) is 11.5 Å². The van der Waals surface area contributed by atoms with Gasteiger partial charge in [0, 0.05) is 58.1 Å². The molecule has 2 aromatic heterocycles. The summed E-state index contributed by atoms with van der Waals surface area (Å²) in [6.07, 6.45) is 2.55. The fraction of sp³-hybridized carbons (Fsp3) is 0.381. The molecular weight excluding hydrogens is 373 g/mol. The maximum atomic E-state index is 13.3. The van der Waals surface area contributed by atoms with Gasteiger partial charge in [-0.05, 0) is 30.2 Å². The second-order valence-electron chi connectivity index (χ2n) is 7.53. The van der Waals surface area contributed by atoms with Crippen molar-refractivity contribution in [3.8, 4) is 0 Å². The molecule has 2 aliphatic heterocycles. The predicted octanol–water partition coefficient (Wildman–Crippen LogP) is 2.18. The summed E-state index contributed by atoms with van der Waals surface area (Å²) < 4.78 is 18.6. The van der Waals surface area contributed by atoms with Gasteiger partial charge in [0.2, 0.25) is 0 Å². The molecule has 0 saturated carbocycles. The summed E-state index contributed by atoms with van der Waals surface area (Å²) in [5.74, 6) is 0.482. The fourth-order valence-corrected chi connectivity index (χ4v) is 4.12. The average molecular weight is 395 g/mol. The van der Waals surface area contributed by atoms with Crippen LogP contribution in [-0.4, -0.2) is 71.7 Å². The number of benzene rings is 1. The first-order valence-corrected chi connectivity index (χ1v) is 9.94. The molecule has 7 nitrogen and oxygen atoms in total. The van der Waals surface area contributed by atoms with Crippen LogP contribution in [0.1, 0.15) is 16.1 Å². The second-order valence-corrected chi connectivity index (χ2v) is 7.53. The van der Waals surface area contributed by atoms with Gasteiger partial charge in [-0.25, -0.2) is 4.39 Å². The third kappa shape index (κ3) is 3.44. The molecule has 29 heavy (non-hydrogen) atoms. The number of hydrogen-bond acceptors (Lipinski definition) is 6. The van der Waals surface area contributed by atoms with Crippen molar-refractivity contribution in [2.75, 3.05) is 50.7 Å². The van der Waals surface area contributed by atoms with Gasteiger partial charge < -0.3 is 14.3 Å². The average Bonchev–Trinajstić information content (AvgIpc) is 3.17. The van der Waals surface area contributed by atoms with Crippen molar-refractivity contribution in [2.24, 2.45) is 0 Å². The van der Waals surface area contributed by atoms with Crippen LogP contribution in [0.25, 0.3) is 11.0 Å². The molecule has 0 N–H and O–H groups in total. The maximum Gasteiger partial charge on any atom is 0.272 e. The number of fused-ring (bicyclic) bond motifs is 2. The Morgan fingerprint density at radius 2 is 1.93 bits per heavy atom. The Morgan fingerprint density at radius 1 is 1.07 bits per heavy atom. The zero-order valence-electron chi connectivity index (χ0n) is 16.1. The van der Waals surface area contributed by atoms with E-state index < -0.39 is 0 Å². The SMILES string of the molecule is O=C1c2ncccc2CCN1CCN1CCN(c2noc3cc(F)ccc23)CC1. The number of rotatable bonds is 4. The van der Waals surface area contributed by atoms with E-state index in [0.717, 1.165) is 62.5 Å². The van der Waals surface area contributed by atoms with E-state index in [1.807, 2.05) is 17.0 Å². The van der Waals surface area contributed by atoms with Crippen molar-refractivity contribution in [3.05, 3.63) is 53.6 Å². The first-order valence-electron chi connectivity index (χ1n) is 9.94. The molecule has 0 atom stereocenters. The largest absolute Gasteiger partial charge is 0.354 e. The monoisotopic (exact) mass is 395 g/mol. The molecule has 1 fully saturated rings. The van der Waals surface area contributed by atoms with E-state index in [0.29, 0.717) is 17.8 Å². The minimum Gasteiger partial charge on any atom is -0.354 e. The van der Waals surface area contributed by atoms with Crippen LogP contribution in [0, 0.1) is 5.82 Å². The number of carbonyl (C=O) groups excluding carboxylic acids is 1. The Morgan fingerprint density at radius 3 is 2.79 bits per heavy atom. The number of anilines is 1. The lowest BCUT2D eigenvalue weighted by atomic mass is 10.0. The molecule has 1 aromatic carbocycles. The lowest BCUT2D eigenvalue weighted by Crippen LogP contribution is -2.50. The molecule has 150 valence electrons. The molecule has 0 radical (unpaired) electrons. The first-order chi connectivity index (χ1) is 14.2. The number of pyridine rings is 1. The van der Waals surface area contributed by atoms with Crippen molar-refractivity contribution in [2.45, 2.75) is 6.42 Å². The van der Waals surface area contributed by atoms with Crippen LogP contribution < -0.4 is 4.90 Å². The van der Waals surface area contributed by atoms with Crippen molar-refractivity contribution in [1.82, 2.24) is 19.9 Å². The van der Waals surface area contributed by atoms with Gasteiger partial charge in [-0.2, -0.15) is 0 Å². The van der Waals surface area contributed by atoms with E-state index >= 15 is 0 Å². The molecule has 3 aromatic rings. The van der Waals surface area contributed by atoms with E-state index in [-0.39, 0.29) is 11.7 Å². The van der Waals surface area contributed by atoms with Crippen molar-refractivity contribution in [1.29, 1.82) is 0 Å². The summed E-state index contributed by atoms with van der Waals surface area (Å²) in [5.41, 5.74) is 2.11. The fourth-order valence-electron chi connectivity index (χ4n) is 4.12. The van der Waals surface area contributed by atoms with Gasteiger partial charge in [0.25, 0.3) is 5.91 Å². The van der Waals surface area contributed by atoms with Crippen molar-refractivity contribution in [3.63, 3.8) is 0 Å². The van der Waals surface area contributed by atoms with Gasteiger partial charge in [-0.1, -0.05) is 11.2 Å². The number of nitrogens with zero attached hydrogens (tertiary/aromatic N) is 5. The van der Waals surface area contributed by atoms with Gasteiger partial charge in [-0.15, -0.1) is 0 Å². The Labute approximate surface area is 167 Å². The molecule has 5 rings (SSSR count). The molecule has 0 aliphatic carbocycles. The number of piperazine rings is 1. The van der Waals surface area contributed by atoms with Crippen molar-refractivity contribution >= 4 is 22.7 Å². The van der Waals surface area contributed by atoms with E-state index in [4.69, 9.17) is 4.52 Å². The minimum atomic E-state index is -0.324. The van der Waals surface area contributed by atoms with Crippen LogP contribution in [0.4, 0.5) is 10.2 Å². The minimum absolute atomic E-state index is 0.0341. The van der Waals surface area contributed by atoms with Crippen LogP contribution in [-0.2, 0) is 6.42 Å². The molecule has 0 spiro atoms. The highest BCUT2D eigenvalue weighted by Crippen LogP contribution is 2.27. The lowest BCUT2D eigenvalue weighted by molar-refractivity contribution is 0.0710. The van der Waals surface area contributed by atoms with Gasteiger partial charge in [-0.3, -0.25) is 14.7 Å². The lowest BCUT2D eigenvalue weighted by Gasteiger charge is -2.36. The number of aromatic nitrogens is 2. The number of carbonyl (C=O) groups is 1. The van der Waals surface area contributed by atoms with Crippen molar-refractivity contribution < 1.29 is 13.7 Å². The Kier molecular flexibility index (Phi) is 4.63. The number of hydrogen-bond donors (Lipinski definition) is 0. The Hall–Kier alpha value is -3.00. The topological polar surface area (TPSA) is 65.7 Å². The summed E-state index contributed by atoms with van der Waals surface area (Å²) in [5, 5.41) is 4.98. The molecule has 0 bridgehead atoms. The van der Waals surface area contributed by atoms with Gasteiger partial charge in [0.15, 0.2) is 11.4 Å². The Balaban J connectivity index is 1.17. The normalized spacial score (nSPS) is 17.8. The summed E-state index contributed by atoms with van der Waals surface area (Å²) in [7, 11) is 0. The third-order valence-electron chi connectivity index (χ3n) is 5.81. The predicted molar refractivity (Wildman–Crippen MR) is 106 cm³/mol.